The molecule has 3 aromatic heterocycles. The van der Waals surface area contributed by atoms with Crippen molar-refractivity contribution in [2.75, 3.05) is 14.2 Å². The van der Waals surface area contributed by atoms with E-state index in [4.69, 9.17) is 14.0 Å². The van der Waals surface area contributed by atoms with Crippen LogP contribution >= 0.6 is 23.1 Å². The number of nitrogens with zero attached hydrogens (tertiary/aromatic N) is 4. The molecule has 1 aromatic carbocycles. The van der Waals surface area contributed by atoms with Gasteiger partial charge in [0.1, 0.15) is 11.5 Å². The van der Waals surface area contributed by atoms with E-state index in [1.807, 2.05) is 29.0 Å². The largest absolute Gasteiger partial charge is 0.497 e. The summed E-state index contributed by atoms with van der Waals surface area (Å²) >= 11 is 3.00. The first-order valence-corrected chi connectivity index (χ1v) is 9.82. The van der Waals surface area contributed by atoms with Crippen LogP contribution in [0.1, 0.15) is 5.82 Å². The Morgan fingerprint density at radius 3 is 2.89 bits per heavy atom. The summed E-state index contributed by atoms with van der Waals surface area (Å²) in [5, 5.41) is 15.7. The number of benzene rings is 1. The van der Waals surface area contributed by atoms with Gasteiger partial charge in [0.15, 0.2) is 11.6 Å². The fourth-order valence-corrected chi connectivity index (χ4v) is 3.64. The van der Waals surface area contributed by atoms with Crippen LogP contribution in [0.4, 0.5) is 0 Å². The fraction of sp³-hybridized carbons (Fsp3) is 0.176. The summed E-state index contributed by atoms with van der Waals surface area (Å²) < 4.78 is 15.9. The van der Waals surface area contributed by atoms with Crippen LogP contribution in [0.5, 0.6) is 11.5 Å². The number of thiophene rings is 1. The average Bonchev–Trinajstić information content (AvgIpc) is 3.47. The number of aromatic amines is 1. The molecule has 1 N–H and O–H groups in total. The van der Waals surface area contributed by atoms with Crippen LogP contribution in [0.2, 0.25) is 0 Å². The topological polar surface area (TPSA) is 99.0 Å². The molecule has 138 valence electrons. The van der Waals surface area contributed by atoms with Gasteiger partial charge in [-0.25, -0.2) is 4.98 Å². The highest BCUT2D eigenvalue weighted by Gasteiger charge is 2.14. The van der Waals surface area contributed by atoms with Crippen molar-refractivity contribution in [3.8, 4) is 34.3 Å². The van der Waals surface area contributed by atoms with Crippen LogP contribution in [-0.4, -0.2) is 39.5 Å². The molecule has 0 saturated heterocycles. The molecule has 0 amide bonds. The second kappa shape index (κ2) is 7.80. The Morgan fingerprint density at radius 2 is 2.11 bits per heavy atom. The van der Waals surface area contributed by atoms with Crippen molar-refractivity contribution in [1.82, 2.24) is 25.3 Å². The molecule has 8 nitrogen and oxygen atoms in total. The van der Waals surface area contributed by atoms with Crippen molar-refractivity contribution < 1.29 is 14.0 Å². The third kappa shape index (κ3) is 3.81. The second-order valence-electron chi connectivity index (χ2n) is 5.35. The number of ether oxygens (including phenoxy) is 2. The zero-order chi connectivity index (χ0) is 18.6. The van der Waals surface area contributed by atoms with E-state index in [0.717, 1.165) is 11.1 Å². The van der Waals surface area contributed by atoms with E-state index in [0.29, 0.717) is 39.9 Å². The Morgan fingerprint density at radius 1 is 1.19 bits per heavy atom. The van der Waals surface area contributed by atoms with Gasteiger partial charge in [-0.2, -0.15) is 16.3 Å². The molecule has 0 unspecified atom stereocenters. The van der Waals surface area contributed by atoms with Crippen LogP contribution in [0.25, 0.3) is 22.8 Å². The van der Waals surface area contributed by atoms with E-state index in [1.54, 1.807) is 31.6 Å². The van der Waals surface area contributed by atoms with E-state index < -0.39 is 0 Å². The lowest BCUT2D eigenvalue weighted by atomic mass is 10.2. The van der Waals surface area contributed by atoms with E-state index in [1.165, 1.54) is 11.8 Å². The molecular formula is C17H15N5O3S2. The first-order valence-electron chi connectivity index (χ1n) is 7.89. The van der Waals surface area contributed by atoms with Crippen molar-refractivity contribution in [2.24, 2.45) is 0 Å². The Kier molecular flexibility index (Phi) is 5.07. The highest BCUT2D eigenvalue weighted by molar-refractivity contribution is 7.98. The van der Waals surface area contributed by atoms with Crippen LogP contribution < -0.4 is 9.47 Å². The summed E-state index contributed by atoms with van der Waals surface area (Å²) in [7, 11) is 3.21. The SMILES string of the molecule is COc1ccc(-c2nc(SCc3noc(-c4ccsc4)n3)n[nH]2)c(OC)c1. The summed E-state index contributed by atoms with van der Waals surface area (Å²) in [5.74, 6) is 3.60. The molecule has 0 saturated carbocycles. The molecular weight excluding hydrogens is 386 g/mol. The molecule has 0 aliphatic heterocycles. The standard InChI is InChI=1S/C17H15N5O3S2/c1-23-11-3-4-12(13(7-11)24-2)15-19-17(21-20-15)27-9-14-18-16(25-22-14)10-5-6-26-8-10/h3-8H,9H2,1-2H3,(H,19,20,21). The van der Waals surface area contributed by atoms with Gasteiger partial charge in [0, 0.05) is 11.4 Å². The van der Waals surface area contributed by atoms with Crippen LogP contribution in [0.15, 0.2) is 44.7 Å². The molecule has 0 bridgehead atoms. The van der Waals surface area contributed by atoms with E-state index in [-0.39, 0.29) is 0 Å². The highest BCUT2D eigenvalue weighted by Crippen LogP contribution is 2.32. The van der Waals surface area contributed by atoms with Crippen molar-refractivity contribution >= 4 is 23.1 Å². The molecule has 4 aromatic rings. The number of rotatable bonds is 7. The monoisotopic (exact) mass is 401 g/mol. The van der Waals surface area contributed by atoms with Crippen LogP contribution in [0, 0.1) is 0 Å². The molecule has 10 heteroatoms. The van der Waals surface area contributed by atoms with Gasteiger partial charge >= 0.3 is 0 Å². The van der Waals surface area contributed by atoms with E-state index in [9.17, 15) is 0 Å². The zero-order valence-corrected chi connectivity index (χ0v) is 16.1. The van der Waals surface area contributed by atoms with Gasteiger partial charge in [-0.1, -0.05) is 16.9 Å². The molecule has 0 aliphatic carbocycles. The van der Waals surface area contributed by atoms with Crippen molar-refractivity contribution in [3.05, 3.63) is 40.8 Å². The minimum atomic E-state index is 0.505. The van der Waals surface area contributed by atoms with Gasteiger partial charge in [0.05, 0.1) is 31.1 Å². The summed E-state index contributed by atoms with van der Waals surface area (Å²) in [6.45, 7) is 0. The summed E-state index contributed by atoms with van der Waals surface area (Å²) in [6.07, 6.45) is 0. The summed E-state index contributed by atoms with van der Waals surface area (Å²) in [4.78, 5) is 8.89. The molecule has 27 heavy (non-hydrogen) atoms. The highest BCUT2D eigenvalue weighted by atomic mass is 32.2. The normalized spacial score (nSPS) is 10.9. The quantitative estimate of drug-likeness (QED) is 0.466. The van der Waals surface area contributed by atoms with Gasteiger partial charge in [-0.15, -0.1) is 5.10 Å². The van der Waals surface area contributed by atoms with Gasteiger partial charge in [-0.05, 0) is 23.6 Å². The molecule has 0 aliphatic rings. The Labute approximate surface area is 162 Å². The number of hydrogen-bond acceptors (Lipinski definition) is 9. The lowest BCUT2D eigenvalue weighted by Crippen LogP contribution is -1.91. The number of nitrogens with one attached hydrogen (secondary N) is 1. The lowest BCUT2D eigenvalue weighted by Gasteiger charge is -2.07. The number of methoxy groups -OCH3 is 2. The maximum atomic E-state index is 5.41. The Bertz CT molecular complexity index is 1030. The first kappa shape index (κ1) is 17.6. The maximum Gasteiger partial charge on any atom is 0.258 e. The third-order valence-corrected chi connectivity index (χ3v) is 5.22. The second-order valence-corrected chi connectivity index (χ2v) is 7.07. The van der Waals surface area contributed by atoms with Crippen LogP contribution in [0.3, 0.4) is 0 Å². The van der Waals surface area contributed by atoms with Crippen molar-refractivity contribution in [3.63, 3.8) is 0 Å². The lowest BCUT2D eigenvalue weighted by molar-refractivity contribution is 0.395. The average molecular weight is 401 g/mol. The van der Waals surface area contributed by atoms with E-state index >= 15 is 0 Å². The number of hydrogen-bond donors (Lipinski definition) is 1. The maximum absolute atomic E-state index is 5.41. The molecule has 3 heterocycles. The summed E-state index contributed by atoms with van der Waals surface area (Å²) in [6, 6.07) is 7.46. The van der Waals surface area contributed by atoms with Gasteiger partial charge in [-0.3, -0.25) is 5.10 Å². The van der Waals surface area contributed by atoms with E-state index in [2.05, 4.69) is 25.3 Å². The minimum absolute atomic E-state index is 0.505. The zero-order valence-electron chi connectivity index (χ0n) is 14.5. The number of aromatic nitrogens is 5. The molecule has 0 spiro atoms. The predicted molar refractivity (Wildman–Crippen MR) is 102 cm³/mol. The third-order valence-electron chi connectivity index (χ3n) is 3.70. The van der Waals surface area contributed by atoms with Gasteiger partial charge in [0.2, 0.25) is 5.16 Å². The molecule has 0 radical (unpaired) electrons. The molecule has 0 fully saturated rings. The fourth-order valence-electron chi connectivity index (χ4n) is 2.37. The Hall–Kier alpha value is -2.85. The molecule has 4 rings (SSSR count). The summed E-state index contributed by atoms with van der Waals surface area (Å²) in [5.41, 5.74) is 1.73. The Balaban J connectivity index is 1.46. The van der Waals surface area contributed by atoms with Crippen LogP contribution in [-0.2, 0) is 5.75 Å². The van der Waals surface area contributed by atoms with Crippen molar-refractivity contribution in [1.29, 1.82) is 0 Å². The van der Waals surface area contributed by atoms with Gasteiger partial charge < -0.3 is 14.0 Å². The van der Waals surface area contributed by atoms with Gasteiger partial charge in [0.25, 0.3) is 5.89 Å². The number of thioether (sulfide) groups is 1. The minimum Gasteiger partial charge on any atom is -0.497 e. The van der Waals surface area contributed by atoms with Crippen molar-refractivity contribution in [2.45, 2.75) is 10.9 Å². The first-order chi connectivity index (χ1) is 13.3. The predicted octanol–water partition coefficient (Wildman–Crippen LogP) is 3.89. The number of H-pyrrole nitrogens is 1. The smallest absolute Gasteiger partial charge is 0.258 e. The molecule has 0 atom stereocenters.